The maximum atomic E-state index is 13.0. The molecule has 2 heterocycles. The number of pyridine rings is 1. The summed E-state index contributed by atoms with van der Waals surface area (Å²) >= 11 is 0. The van der Waals surface area contributed by atoms with Crippen molar-refractivity contribution in [3.63, 3.8) is 0 Å². The SMILES string of the molecule is Cc1ccc(C(=O)NCCCC2C=NNC2=O)c(=O)n1-c1cccc(C(F)(F)F)c1. The first-order valence-electron chi connectivity index (χ1n) is 9.20. The number of hydrazone groups is 1. The van der Waals surface area contributed by atoms with Crippen LogP contribution in [0.1, 0.15) is 34.5 Å². The molecule has 1 atom stereocenters. The topological polar surface area (TPSA) is 92.6 Å². The van der Waals surface area contributed by atoms with Gasteiger partial charge in [-0.25, -0.2) is 5.43 Å². The van der Waals surface area contributed by atoms with Crippen molar-refractivity contribution in [3.8, 4) is 5.69 Å². The number of carbonyl (C=O) groups excluding carboxylic acids is 2. The van der Waals surface area contributed by atoms with Crippen LogP contribution in [0.25, 0.3) is 5.69 Å². The molecular weight excluding hydrogens is 401 g/mol. The predicted molar refractivity (Wildman–Crippen MR) is 103 cm³/mol. The molecule has 1 aromatic carbocycles. The molecule has 158 valence electrons. The van der Waals surface area contributed by atoms with Crippen LogP contribution >= 0.6 is 0 Å². The van der Waals surface area contributed by atoms with Gasteiger partial charge in [-0.2, -0.15) is 18.3 Å². The number of nitrogens with zero attached hydrogens (tertiary/aromatic N) is 2. The molecule has 1 aliphatic heterocycles. The van der Waals surface area contributed by atoms with E-state index in [0.29, 0.717) is 18.5 Å². The van der Waals surface area contributed by atoms with Gasteiger partial charge in [0.1, 0.15) is 5.56 Å². The minimum Gasteiger partial charge on any atom is -0.352 e. The Hall–Kier alpha value is -3.43. The Bertz CT molecular complexity index is 1060. The van der Waals surface area contributed by atoms with E-state index in [0.717, 1.165) is 16.7 Å². The Morgan fingerprint density at radius 2 is 2.00 bits per heavy atom. The lowest BCUT2D eigenvalue weighted by atomic mass is 10.1. The van der Waals surface area contributed by atoms with Gasteiger partial charge in [-0.05, 0) is 50.1 Å². The summed E-state index contributed by atoms with van der Waals surface area (Å²) in [7, 11) is 0. The normalized spacial score (nSPS) is 15.9. The van der Waals surface area contributed by atoms with Crippen LogP contribution in [-0.4, -0.2) is 29.1 Å². The third-order valence-corrected chi connectivity index (χ3v) is 4.70. The fraction of sp³-hybridized carbons (Fsp3) is 0.300. The number of benzene rings is 1. The van der Waals surface area contributed by atoms with E-state index in [-0.39, 0.29) is 29.6 Å². The van der Waals surface area contributed by atoms with Gasteiger partial charge in [0.25, 0.3) is 11.5 Å². The Balaban J connectivity index is 1.76. The van der Waals surface area contributed by atoms with Crippen molar-refractivity contribution in [1.29, 1.82) is 0 Å². The molecule has 2 N–H and O–H groups in total. The average Bonchev–Trinajstić information content (AvgIpc) is 3.09. The van der Waals surface area contributed by atoms with E-state index in [2.05, 4.69) is 15.8 Å². The van der Waals surface area contributed by atoms with Gasteiger partial charge in [0, 0.05) is 24.1 Å². The van der Waals surface area contributed by atoms with Crippen LogP contribution in [-0.2, 0) is 11.0 Å². The van der Waals surface area contributed by atoms with Crippen LogP contribution < -0.4 is 16.3 Å². The van der Waals surface area contributed by atoms with Gasteiger partial charge in [0.2, 0.25) is 5.91 Å². The molecule has 1 aliphatic rings. The Labute approximate surface area is 169 Å². The van der Waals surface area contributed by atoms with Crippen LogP contribution in [0.3, 0.4) is 0 Å². The maximum absolute atomic E-state index is 13.0. The summed E-state index contributed by atoms with van der Waals surface area (Å²) in [6.07, 6.45) is -2.08. The second-order valence-electron chi connectivity index (χ2n) is 6.84. The van der Waals surface area contributed by atoms with Gasteiger partial charge in [-0.15, -0.1) is 0 Å². The summed E-state index contributed by atoms with van der Waals surface area (Å²) < 4.78 is 40.1. The molecule has 0 saturated heterocycles. The summed E-state index contributed by atoms with van der Waals surface area (Å²) in [6.45, 7) is 1.80. The van der Waals surface area contributed by atoms with Crippen molar-refractivity contribution >= 4 is 18.0 Å². The number of carbonyl (C=O) groups is 2. The number of nitrogens with one attached hydrogen (secondary N) is 2. The number of halogens is 3. The Morgan fingerprint density at radius 3 is 2.67 bits per heavy atom. The molecule has 2 amide bonds. The number of hydrogen-bond donors (Lipinski definition) is 2. The van der Waals surface area contributed by atoms with E-state index < -0.39 is 23.2 Å². The molecule has 7 nitrogen and oxygen atoms in total. The molecular formula is C20H19F3N4O3. The van der Waals surface area contributed by atoms with E-state index in [1.165, 1.54) is 30.5 Å². The largest absolute Gasteiger partial charge is 0.416 e. The lowest BCUT2D eigenvalue weighted by Gasteiger charge is -2.14. The van der Waals surface area contributed by atoms with Gasteiger partial charge in [-0.1, -0.05) is 6.07 Å². The van der Waals surface area contributed by atoms with Crippen molar-refractivity contribution in [2.24, 2.45) is 11.0 Å². The van der Waals surface area contributed by atoms with Crippen LogP contribution in [0, 0.1) is 12.8 Å². The summed E-state index contributed by atoms with van der Waals surface area (Å²) in [6, 6.07) is 7.20. The van der Waals surface area contributed by atoms with Crippen molar-refractivity contribution in [2.75, 3.05) is 6.54 Å². The van der Waals surface area contributed by atoms with Gasteiger partial charge >= 0.3 is 6.18 Å². The number of hydrogen-bond acceptors (Lipinski definition) is 4. The van der Waals surface area contributed by atoms with Crippen molar-refractivity contribution in [1.82, 2.24) is 15.3 Å². The van der Waals surface area contributed by atoms with E-state index >= 15 is 0 Å². The highest BCUT2D eigenvalue weighted by molar-refractivity contribution is 5.97. The van der Waals surface area contributed by atoms with Crippen molar-refractivity contribution in [2.45, 2.75) is 25.9 Å². The second-order valence-corrected chi connectivity index (χ2v) is 6.84. The average molecular weight is 420 g/mol. The van der Waals surface area contributed by atoms with Gasteiger partial charge in [0.05, 0.1) is 11.5 Å². The second kappa shape index (κ2) is 8.52. The number of alkyl halides is 3. The fourth-order valence-corrected chi connectivity index (χ4v) is 3.11. The monoisotopic (exact) mass is 420 g/mol. The van der Waals surface area contributed by atoms with Crippen LogP contribution in [0.15, 0.2) is 46.3 Å². The summed E-state index contributed by atoms with van der Waals surface area (Å²) in [5.74, 6) is -1.19. The van der Waals surface area contributed by atoms with Crippen LogP contribution in [0.2, 0.25) is 0 Å². The molecule has 0 spiro atoms. The minimum atomic E-state index is -4.55. The molecule has 0 saturated carbocycles. The van der Waals surface area contributed by atoms with Crippen molar-refractivity contribution in [3.05, 3.63) is 63.6 Å². The van der Waals surface area contributed by atoms with Gasteiger partial charge in [-0.3, -0.25) is 19.0 Å². The van der Waals surface area contributed by atoms with Gasteiger partial charge in [0.15, 0.2) is 0 Å². The molecule has 0 aliphatic carbocycles. The Kier molecular flexibility index (Phi) is 6.04. The number of aryl methyl sites for hydroxylation is 1. The van der Waals surface area contributed by atoms with E-state index in [9.17, 15) is 27.6 Å². The first-order chi connectivity index (χ1) is 14.2. The lowest BCUT2D eigenvalue weighted by Crippen LogP contribution is -2.34. The highest BCUT2D eigenvalue weighted by Crippen LogP contribution is 2.30. The molecule has 0 bridgehead atoms. The van der Waals surface area contributed by atoms with E-state index in [1.54, 1.807) is 6.92 Å². The molecule has 2 aromatic rings. The Morgan fingerprint density at radius 1 is 1.23 bits per heavy atom. The molecule has 0 radical (unpaired) electrons. The molecule has 3 rings (SSSR count). The first kappa shape index (κ1) is 21.3. The molecule has 10 heteroatoms. The predicted octanol–water partition coefficient (Wildman–Crippen LogP) is 2.41. The number of rotatable bonds is 6. The summed E-state index contributed by atoms with van der Waals surface area (Å²) in [4.78, 5) is 36.7. The van der Waals surface area contributed by atoms with E-state index in [1.807, 2.05) is 0 Å². The molecule has 30 heavy (non-hydrogen) atoms. The summed E-state index contributed by atoms with van der Waals surface area (Å²) in [5, 5.41) is 6.26. The zero-order valence-electron chi connectivity index (χ0n) is 16.0. The van der Waals surface area contributed by atoms with Crippen LogP contribution in [0.4, 0.5) is 13.2 Å². The van der Waals surface area contributed by atoms with Crippen molar-refractivity contribution < 1.29 is 22.8 Å². The zero-order chi connectivity index (χ0) is 21.9. The molecule has 1 aromatic heterocycles. The molecule has 0 fully saturated rings. The minimum absolute atomic E-state index is 0.0218. The molecule has 1 unspecified atom stereocenters. The fourth-order valence-electron chi connectivity index (χ4n) is 3.11. The highest BCUT2D eigenvalue weighted by Gasteiger charge is 2.30. The third kappa shape index (κ3) is 4.58. The number of aromatic nitrogens is 1. The number of amides is 2. The quantitative estimate of drug-likeness (QED) is 0.703. The highest BCUT2D eigenvalue weighted by atomic mass is 19.4. The lowest BCUT2D eigenvalue weighted by molar-refractivity contribution is -0.137. The van der Waals surface area contributed by atoms with Gasteiger partial charge < -0.3 is 5.32 Å². The van der Waals surface area contributed by atoms with Crippen LogP contribution in [0.5, 0.6) is 0 Å². The maximum Gasteiger partial charge on any atom is 0.416 e. The zero-order valence-corrected chi connectivity index (χ0v) is 16.0. The standard InChI is InChI=1S/C20H19F3N4O3/c1-12-7-8-16(18(29)24-9-3-4-13-11-25-26-17(13)28)19(30)27(12)15-6-2-5-14(10-15)20(21,22)23/h2,5-8,10-11,13H,3-4,9H2,1H3,(H,24,29)(H,26,28). The van der Waals surface area contributed by atoms with E-state index in [4.69, 9.17) is 0 Å². The smallest absolute Gasteiger partial charge is 0.352 e. The first-order valence-corrected chi connectivity index (χ1v) is 9.20. The summed E-state index contributed by atoms with van der Waals surface area (Å²) in [5.41, 5.74) is 0.950. The third-order valence-electron chi connectivity index (χ3n) is 4.70.